The van der Waals surface area contributed by atoms with Crippen LogP contribution in [0.25, 0.3) is 6.08 Å². The Labute approximate surface area is 254 Å². The predicted octanol–water partition coefficient (Wildman–Crippen LogP) is 5.17. The number of allylic oxidation sites excluding steroid dienone is 1. The minimum atomic E-state index is -0.825. The standard InChI is InChI=1S/C34H34N2O6S/c1-5-12-26-30(33(38)41-6-2)31(25-20-24(39-3)17-18-28(25)40-4)36-32(37)29(43-34(36)35-26)19-23-15-10-11-16-27(23)42-21-22-13-8-7-9-14-22/h7-11,13-20,31H,5-6,12,21H2,1-4H3/b29-19+/t31-/m1/s1. The van der Waals surface area contributed by atoms with Gasteiger partial charge in [0.2, 0.25) is 0 Å². The number of methoxy groups -OCH3 is 2. The topological polar surface area (TPSA) is 88.4 Å². The Kier molecular flexibility index (Phi) is 9.41. The number of hydrogen-bond acceptors (Lipinski definition) is 8. The van der Waals surface area contributed by atoms with Crippen LogP contribution in [0.2, 0.25) is 0 Å². The van der Waals surface area contributed by atoms with E-state index in [1.165, 1.54) is 11.3 Å². The van der Waals surface area contributed by atoms with Gasteiger partial charge in [0.1, 0.15) is 29.9 Å². The number of rotatable bonds is 11. The Balaban J connectivity index is 1.70. The lowest BCUT2D eigenvalue weighted by molar-refractivity contribution is -0.139. The largest absolute Gasteiger partial charge is 0.497 e. The van der Waals surface area contributed by atoms with E-state index < -0.39 is 12.0 Å². The summed E-state index contributed by atoms with van der Waals surface area (Å²) in [6.07, 6.45) is 3.11. The van der Waals surface area contributed by atoms with E-state index in [-0.39, 0.29) is 12.2 Å². The molecule has 9 heteroatoms. The molecule has 4 aromatic rings. The van der Waals surface area contributed by atoms with Crippen LogP contribution in [0.3, 0.4) is 0 Å². The van der Waals surface area contributed by atoms with Gasteiger partial charge < -0.3 is 18.9 Å². The van der Waals surface area contributed by atoms with Crippen molar-refractivity contribution in [2.75, 3.05) is 20.8 Å². The van der Waals surface area contributed by atoms with E-state index in [0.717, 1.165) is 17.5 Å². The van der Waals surface area contributed by atoms with Gasteiger partial charge in [-0.1, -0.05) is 73.2 Å². The summed E-state index contributed by atoms with van der Waals surface area (Å²) in [4.78, 5) is 33.1. The monoisotopic (exact) mass is 598 g/mol. The highest BCUT2D eigenvalue weighted by Crippen LogP contribution is 2.38. The molecule has 0 radical (unpaired) electrons. The minimum absolute atomic E-state index is 0.188. The average Bonchev–Trinajstić information content (AvgIpc) is 3.34. The van der Waals surface area contributed by atoms with Crippen molar-refractivity contribution in [3.8, 4) is 17.2 Å². The molecule has 0 saturated carbocycles. The molecular formula is C34H34N2O6S. The molecule has 1 aromatic heterocycles. The molecule has 0 unspecified atom stereocenters. The maximum Gasteiger partial charge on any atom is 0.338 e. The molecule has 0 aliphatic carbocycles. The Hall–Kier alpha value is -4.63. The molecule has 8 nitrogen and oxygen atoms in total. The van der Waals surface area contributed by atoms with E-state index in [2.05, 4.69) is 0 Å². The second kappa shape index (κ2) is 13.6. The number of ether oxygens (including phenoxy) is 4. The normalized spacial score (nSPS) is 14.6. The van der Waals surface area contributed by atoms with E-state index in [4.69, 9.17) is 23.9 Å². The maximum absolute atomic E-state index is 14.2. The minimum Gasteiger partial charge on any atom is -0.497 e. The molecule has 5 rings (SSSR count). The van der Waals surface area contributed by atoms with Gasteiger partial charge in [0.05, 0.1) is 36.6 Å². The van der Waals surface area contributed by atoms with Crippen LogP contribution in [0.4, 0.5) is 0 Å². The van der Waals surface area contributed by atoms with Gasteiger partial charge in [0.15, 0.2) is 4.80 Å². The average molecular weight is 599 g/mol. The summed E-state index contributed by atoms with van der Waals surface area (Å²) in [7, 11) is 3.13. The third kappa shape index (κ3) is 6.27. The van der Waals surface area contributed by atoms with Crippen LogP contribution in [-0.2, 0) is 16.1 Å². The fraction of sp³-hybridized carbons (Fsp3) is 0.265. The lowest BCUT2D eigenvalue weighted by Crippen LogP contribution is -2.40. The Morgan fingerprint density at radius 3 is 2.47 bits per heavy atom. The molecule has 0 amide bonds. The number of para-hydroxylation sites is 1. The Morgan fingerprint density at radius 1 is 0.977 bits per heavy atom. The molecule has 1 atom stereocenters. The summed E-state index contributed by atoms with van der Waals surface area (Å²) < 4.78 is 24.9. The molecule has 3 aromatic carbocycles. The second-order valence-corrected chi connectivity index (χ2v) is 10.8. The molecular weight excluding hydrogens is 564 g/mol. The smallest absolute Gasteiger partial charge is 0.338 e. The highest BCUT2D eigenvalue weighted by molar-refractivity contribution is 7.07. The van der Waals surface area contributed by atoms with E-state index in [9.17, 15) is 9.59 Å². The van der Waals surface area contributed by atoms with Crippen molar-refractivity contribution in [2.24, 2.45) is 4.99 Å². The number of nitrogens with zero attached hydrogens (tertiary/aromatic N) is 2. The van der Waals surface area contributed by atoms with Crippen LogP contribution in [0.1, 0.15) is 49.4 Å². The fourth-order valence-corrected chi connectivity index (χ4v) is 6.09. The van der Waals surface area contributed by atoms with Gasteiger partial charge in [-0.15, -0.1) is 0 Å². The van der Waals surface area contributed by atoms with Crippen LogP contribution < -0.4 is 29.1 Å². The van der Waals surface area contributed by atoms with Crippen molar-refractivity contribution in [3.05, 3.63) is 120 Å². The number of hydrogen-bond donors (Lipinski definition) is 0. The molecule has 2 heterocycles. The van der Waals surface area contributed by atoms with Crippen molar-refractivity contribution in [3.63, 3.8) is 0 Å². The van der Waals surface area contributed by atoms with Crippen LogP contribution in [-0.4, -0.2) is 31.4 Å². The van der Waals surface area contributed by atoms with Gasteiger partial charge in [-0.05, 0) is 49.2 Å². The van der Waals surface area contributed by atoms with E-state index in [1.54, 1.807) is 43.9 Å². The Bertz CT molecular complexity index is 1820. The van der Waals surface area contributed by atoms with Gasteiger partial charge >= 0.3 is 5.97 Å². The number of benzene rings is 3. The molecule has 222 valence electrons. The highest BCUT2D eigenvalue weighted by Gasteiger charge is 2.36. The lowest BCUT2D eigenvalue weighted by atomic mass is 9.93. The summed E-state index contributed by atoms with van der Waals surface area (Å²) in [5.41, 5.74) is 3.04. The first kappa shape index (κ1) is 29.8. The zero-order valence-electron chi connectivity index (χ0n) is 24.7. The van der Waals surface area contributed by atoms with Gasteiger partial charge in [-0.25, -0.2) is 9.79 Å². The first-order valence-electron chi connectivity index (χ1n) is 14.2. The number of carbonyl (C=O) groups excluding carboxylic acids is 1. The lowest BCUT2D eigenvalue weighted by Gasteiger charge is -2.27. The van der Waals surface area contributed by atoms with E-state index >= 15 is 0 Å². The summed E-state index contributed by atoms with van der Waals surface area (Å²) >= 11 is 1.27. The van der Waals surface area contributed by atoms with Crippen molar-refractivity contribution < 1.29 is 23.7 Å². The predicted molar refractivity (Wildman–Crippen MR) is 166 cm³/mol. The third-order valence-corrected chi connectivity index (χ3v) is 8.05. The van der Waals surface area contributed by atoms with Gasteiger partial charge in [0, 0.05) is 11.1 Å². The van der Waals surface area contributed by atoms with Crippen LogP contribution in [0.5, 0.6) is 17.2 Å². The van der Waals surface area contributed by atoms with Crippen molar-refractivity contribution in [2.45, 2.75) is 39.3 Å². The van der Waals surface area contributed by atoms with Gasteiger partial charge in [0.25, 0.3) is 5.56 Å². The first-order valence-corrected chi connectivity index (χ1v) is 15.0. The number of esters is 1. The molecule has 1 aliphatic rings. The number of fused-ring (bicyclic) bond motifs is 1. The molecule has 43 heavy (non-hydrogen) atoms. The van der Waals surface area contributed by atoms with Crippen LogP contribution >= 0.6 is 11.3 Å². The summed E-state index contributed by atoms with van der Waals surface area (Å²) in [5.74, 6) is 1.22. The van der Waals surface area contributed by atoms with E-state index in [1.807, 2.05) is 67.6 Å². The number of carbonyl (C=O) groups is 1. The zero-order chi connectivity index (χ0) is 30.3. The molecule has 0 spiro atoms. The van der Waals surface area contributed by atoms with Crippen molar-refractivity contribution in [1.82, 2.24) is 4.57 Å². The second-order valence-electron chi connectivity index (χ2n) is 9.83. The summed E-state index contributed by atoms with van der Waals surface area (Å²) in [6, 6.07) is 22.0. The maximum atomic E-state index is 14.2. The van der Waals surface area contributed by atoms with Crippen LogP contribution in [0.15, 0.2) is 93.9 Å². The van der Waals surface area contributed by atoms with Gasteiger partial charge in [-0.2, -0.15) is 0 Å². The molecule has 0 saturated heterocycles. The molecule has 0 fully saturated rings. The zero-order valence-corrected chi connectivity index (χ0v) is 25.5. The third-order valence-electron chi connectivity index (χ3n) is 7.07. The summed E-state index contributed by atoms with van der Waals surface area (Å²) in [5, 5.41) is 0. The van der Waals surface area contributed by atoms with Gasteiger partial charge in [-0.3, -0.25) is 9.36 Å². The Morgan fingerprint density at radius 2 is 1.74 bits per heavy atom. The number of aromatic nitrogens is 1. The van der Waals surface area contributed by atoms with Crippen molar-refractivity contribution >= 4 is 23.4 Å². The molecule has 0 N–H and O–H groups in total. The number of thiazole rings is 1. The quantitative estimate of drug-likeness (QED) is 0.221. The first-order chi connectivity index (χ1) is 21.0. The highest BCUT2D eigenvalue weighted by atomic mass is 32.1. The molecule has 0 bridgehead atoms. The van der Waals surface area contributed by atoms with E-state index in [0.29, 0.717) is 56.4 Å². The molecule has 1 aliphatic heterocycles. The SMILES string of the molecule is CCCC1=C(C(=O)OCC)[C@@H](c2cc(OC)ccc2OC)n2c(s/c(=C/c3ccccc3OCc3ccccc3)c2=O)=N1. The van der Waals surface area contributed by atoms with Crippen LogP contribution in [0, 0.1) is 0 Å². The fourth-order valence-electron chi connectivity index (χ4n) is 5.08. The van der Waals surface area contributed by atoms with Crippen molar-refractivity contribution in [1.29, 1.82) is 0 Å². The summed E-state index contributed by atoms with van der Waals surface area (Å²) in [6.45, 7) is 4.36.